The van der Waals surface area contributed by atoms with Crippen molar-refractivity contribution in [1.29, 1.82) is 0 Å². The average Bonchev–Trinajstić information content (AvgIpc) is 2.84. The molecule has 0 saturated carbocycles. The summed E-state index contributed by atoms with van der Waals surface area (Å²) in [5, 5.41) is 6.41. The molecule has 3 N–H and O–H groups in total. The predicted octanol–water partition coefficient (Wildman–Crippen LogP) is 1.85. The maximum atomic E-state index is 12.1. The lowest BCUT2D eigenvalue weighted by Gasteiger charge is -2.08. The highest BCUT2D eigenvalue weighted by atomic mass is 16.5. The van der Waals surface area contributed by atoms with E-state index in [4.69, 9.17) is 10.3 Å². The summed E-state index contributed by atoms with van der Waals surface area (Å²) in [6, 6.07) is 5.65. The van der Waals surface area contributed by atoms with Crippen molar-refractivity contribution < 1.29 is 9.32 Å². The van der Waals surface area contributed by atoms with E-state index in [0.29, 0.717) is 17.0 Å². The summed E-state index contributed by atoms with van der Waals surface area (Å²) in [6.45, 7) is 3.90. The van der Waals surface area contributed by atoms with E-state index in [1.165, 1.54) is 6.20 Å². The first-order valence-electron chi connectivity index (χ1n) is 6.14. The summed E-state index contributed by atoms with van der Waals surface area (Å²) >= 11 is 0. The van der Waals surface area contributed by atoms with Crippen molar-refractivity contribution in [2.75, 3.05) is 11.9 Å². The van der Waals surface area contributed by atoms with Gasteiger partial charge in [0.15, 0.2) is 0 Å². The van der Waals surface area contributed by atoms with Crippen molar-refractivity contribution >= 4 is 11.6 Å². The van der Waals surface area contributed by atoms with E-state index in [1.54, 1.807) is 6.92 Å². The van der Waals surface area contributed by atoms with Crippen molar-refractivity contribution in [2.45, 2.75) is 13.8 Å². The second kappa shape index (κ2) is 6.04. The summed E-state index contributed by atoms with van der Waals surface area (Å²) in [4.78, 5) is 12.1. The van der Waals surface area contributed by atoms with Gasteiger partial charge in [-0.3, -0.25) is 4.79 Å². The van der Waals surface area contributed by atoms with Gasteiger partial charge in [0, 0.05) is 5.56 Å². The highest BCUT2D eigenvalue weighted by molar-refractivity contribution is 6.05. The van der Waals surface area contributed by atoms with Gasteiger partial charge in [-0.05, 0) is 31.5 Å². The molecule has 1 aromatic carbocycles. The van der Waals surface area contributed by atoms with Crippen molar-refractivity contribution in [3.63, 3.8) is 0 Å². The fourth-order valence-electron chi connectivity index (χ4n) is 1.72. The Hall–Kier alpha value is -2.58. The lowest BCUT2D eigenvalue weighted by molar-refractivity contribution is 0.102. The molecule has 0 aliphatic carbocycles. The van der Waals surface area contributed by atoms with E-state index in [9.17, 15) is 4.79 Å². The normalized spacial score (nSPS) is 9.75. The second-order valence-corrected chi connectivity index (χ2v) is 4.30. The number of nitrogens with two attached hydrogens (primary N) is 1. The molecule has 0 fully saturated rings. The van der Waals surface area contributed by atoms with Crippen molar-refractivity contribution in [3.8, 4) is 11.8 Å². The van der Waals surface area contributed by atoms with E-state index in [0.717, 1.165) is 11.1 Å². The Morgan fingerprint density at radius 3 is 2.90 bits per heavy atom. The number of hydrogen-bond acceptors (Lipinski definition) is 4. The standard InChI is InChI=1S/C15H15N3O2/c1-10-5-6-12(4-3-7-16)14(8-10)18-15(19)13-9-17-20-11(13)2/h5-6,8-9H,7,16H2,1-2H3,(H,18,19). The zero-order chi connectivity index (χ0) is 14.5. The minimum Gasteiger partial charge on any atom is -0.361 e. The maximum Gasteiger partial charge on any atom is 0.260 e. The van der Waals surface area contributed by atoms with Crippen LogP contribution < -0.4 is 11.1 Å². The van der Waals surface area contributed by atoms with Gasteiger partial charge < -0.3 is 15.6 Å². The number of carbonyl (C=O) groups excluding carboxylic acids is 1. The highest BCUT2D eigenvalue weighted by Gasteiger charge is 2.14. The lowest BCUT2D eigenvalue weighted by atomic mass is 10.1. The number of hydrogen-bond donors (Lipinski definition) is 2. The third kappa shape index (κ3) is 3.05. The zero-order valence-corrected chi connectivity index (χ0v) is 11.4. The van der Waals surface area contributed by atoms with Crippen LogP contribution in [0, 0.1) is 25.7 Å². The lowest BCUT2D eigenvalue weighted by Crippen LogP contribution is -2.13. The highest BCUT2D eigenvalue weighted by Crippen LogP contribution is 2.18. The van der Waals surface area contributed by atoms with Crippen LogP contribution in [0.4, 0.5) is 5.69 Å². The largest absolute Gasteiger partial charge is 0.361 e. The van der Waals surface area contributed by atoms with Crippen molar-refractivity contribution in [3.05, 3.63) is 46.8 Å². The summed E-state index contributed by atoms with van der Waals surface area (Å²) in [5.41, 5.74) is 8.18. The molecule has 0 spiro atoms. The number of aryl methyl sites for hydroxylation is 2. The van der Waals surface area contributed by atoms with Gasteiger partial charge in [-0.1, -0.05) is 23.1 Å². The maximum absolute atomic E-state index is 12.1. The minimum atomic E-state index is -0.273. The third-order valence-electron chi connectivity index (χ3n) is 2.74. The summed E-state index contributed by atoms with van der Waals surface area (Å²) in [7, 11) is 0. The smallest absolute Gasteiger partial charge is 0.260 e. The van der Waals surface area contributed by atoms with E-state index in [2.05, 4.69) is 22.3 Å². The van der Waals surface area contributed by atoms with Crippen LogP contribution in [0.1, 0.15) is 27.2 Å². The third-order valence-corrected chi connectivity index (χ3v) is 2.74. The Bertz CT molecular complexity index is 693. The van der Waals surface area contributed by atoms with Gasteiger partial charge in [0.25, 0.3) is 5.91 Å². The average molecular weight is 269 g/mol. The monoisotopic (exact) mass is 269 g/mol. The van der Waals surface area contributed by atoms with Crippen LogP contribution in [0.3, 0.4) is 0 Å². The first kappa shape index (κ1) is 13.8. The number of benzene rings is 1. The van der Waals surface area contributed by atoms with Crippen LogP contribution in [0.25, 0.3) is 0 Å². The van der Waals surface area contributed by atoms with Gasteiger partial charge in [0.1, 0.15) is 11.3 Å². The Kier molecular flexibility index (Phi) is 4.18. The predicted molar refractivity (Wildman–Crippen MR) is 76.3 cm³/mol. The molecule has 1 amide bonds. The minimum absolute atomic E-state index is 0.270. The molecule has 5 heteroatoms. The van der Waals surface area contributed by atoms with E-state index in [-0.39, 0.29) is 12.5 Å². The van der Waals surface area contributed by atoms with E-state index < -0.39 is 0 Å². The molecule has 0 saturated heterocycles. The molecular formula is C15H15N3O2. The van der Waals surface area contributed by atoms with Gasteiger partial charge in [-0.25, -0.2) is 0 Å². The second-order valence-electron chi connectivity index (χ2n) is 4.30. The summed E-state index contributed by atoms with van der Waals surface area (Å²) in [6.07, 6.45) is 1.39. The Balaban J connectivity index is 2.31. The van der Waals surface area contributed by atoms with Crippen molar-refractivity contribution in [1.82, 2.24) is 5.16 Å². The van der Waals surface area contributed by atoms with Crippen molar-refractivity contribution in [2.24, 2.45) is 5.73 Å². The Labute approximate surface area is 117 Å². The molecule has 102 valence electrons. The molecule has 0 bridgehead atoms. The summed E-state index contributed by atoms with van der Waals surface area (Å²) in [5.74, 6) is 5.92. The molecular weight excluding hydrogens is 254 g/mol. The van der Waals surface area contributed by atoms with Gasteiger partial charge >= 0.3 is 0 Å². The number of carbonyl (C=O) groups is 1. The molecule has 5 nitrogen and oxygen atoms in total. The fourth-order valence-corrected chi connectivity index (χ4v) is 1.72. The zero-order valence-electron chi connectivity index (χ0n) is 11.4. The molecule has 1 aromatic heterocycles. The Morgan fingerprint density at radius 2 is 2.25 bits per heavy atom. The number of nitrogens with zero attached hydrogens (tertiary/aromatic N) is 1. The SMILES string of the molecule is Cc1ccc(C#CCN)c(NC(=O)c2cnoc2C)c1. The number of rotatable bonds is 2. The van der Waals surface area contributed by atoms with Crippen LogP contribution in [0.2, 0.25) is 0 Å². The number of aromatic nitrogens is 1. The first-order valence-corrected chi connectivity index (χ1v) is 6.14. The van der Waals surface area contributed by atoms with E-state index >= 15 is 0 Å². The van der Waals surface area contributed by atoms with Crippen LogP contribution in [-0.4, -0.2) is 17.6 Å². The van der Waals surface area contributed by atoms with Gasteiger partial charge in [0.2, 0.25) is 0 Å². The van der Waals surface area contributed by atoms with Gasteiger partial charge in [-0.15, -0.1) is 0 Å². The number of anilines is 1. The molecule has 2 aromatic rings. The first-order chi connectivity index (χ1) is 9.61. The van der Waals surface area contributed by atoms with Crippen LogP contribution in [0.15, 0.2) is 28.9 Å². The van der Waals surface area contributed by atoms with Crippen LogP contribution in [-0.2, 0) is 0 Å². The molecule has 0 unspecified atom stereocenters. The molecule has 0 aliphatic rings. The molecule has 0 radical (unpaired) electrons. The summed E-state index contributed by atoms with van der Waals surface area (Å²) < 4.78 is 4.89. The van der Waals surface area contributed by atoms with Crippen LogP contribution >= 0.6 is 0 Å². The van der Waals surface area contributed by atoms with Gasteiger partial charge in [0.05, 0.1) is 18.4 Å². The van der Waals surface area contributed by atoms with E-state index in [1.807, 2.05) is 25.1 Å². The molecule has 0 aliphatic heterocycles. The molecule has 20 heavy (non-hydrogen) atoms. The Morgan fingerprint density at radius 1 is 1.45 bits per heavy atom. The molecule has 1 heterocycles. The fraction of sp³-hybridized carbons (Fsp3) is 0.200. The number of amides is 1. The number of nitrogens with one attached hydrogen (secondary N) is 1. The quantitative estimate of drug-likeness (QED) is 0.815. The topological polar surface area (TPSA) is 81.1 Å². The molecule has 2 rings (SSSR count). The van der Waals surface area contributed by atoms with Gasteiger partial charge in [-0.2, -0.15) is 0 Å². The van der Waals surface area contributed by atoms with Crippen LogP contribution in [0.5, 0.6) is 0 Å². The molecule has 0 atom stereocenters.